The molecule has 0 aliphatic heterocycles. The fourth-order valence-corrected chi connectivity index (χ4v) is 0.992. The molecule has 0 radical (unpaired) electrons. The summed E-state index contributed by atoms with van der Waals surface area (Å²) in [4.78, 5) is 0. The first-order valence-electron chi connectivity index (χ1n) is 5.24. The number of hydrogen-bond donors (Lipinski definition) is 0. The largest absolute Gasteiger partial charge is 0.741 e. The maximum absolute atomic E-state index is 10.7. The van der Waals surface area contributed by atoms with Crippen molar-refractivity contribution in [3.05, 3.63) is 0 Å². The Labute approximate surface area is 106 Å². The lowest BCUT2D eigenvalue weighted by molar-refractivity contribution is -0.949. The van der Waals surface area contributed by atoms with Crippen molar-refractivity contribution < 1.29 is 35.4 Å². The lowest BCUT2D eigenvalue weighted by Gasteiger charge is -2.36. The van der Waals surface area contributed by atoms with Crippen LogP contribution in [0.25, 0.3) is 0 Å². The van der Waals surface area contributed by atoms with Crippen LogP contribution in [0.2, 0.25) is 0 Å². The van der Waals surface area contributed by atoms with Gasteiger partial charge in [0.2, 0.25) is 0 Å². The van der Waals surface area contributed by atoms with Gasteiger partial charge in [0, 0.05) is 14.0 Å². The smallest absolute Gasteiger partial charge is 0.485 e. The van der Waals surface area contributed by atoms with Crippen LogP contribution in [0.15, 0.2) is 0 Å². The lowest BCUT2D eigenvalue weighted by Crippen LogP contribution is -2.51. The van der Waals surface area contributed by atoms with E-state index in [2.05, 4.69) is 27.8 Å². The highest BCUT2D eigenvalue weighted by molar-refractivity contribution is 7.86. The van der Waals surface area contributed by atoms with E-state index in [1.807, 2.05) is 0 Å². The minimum Gasteiger partial charge on any atom is -0.741 e. The van der Waals surface area contributed by atoms with E-state index >= 15 is 0 Å². The van der Waals surface area contributed by atoms with Crippen molar-refractivity contribution in [1.82, 2.24) is 0 Å². The third kappa shape index (κ3) is 6.53. The Bertz CT molecular complexity index is 325. The second-order valence-electron chi connectivity index (χ2n) is 3.85. The number of ether oxygens (including phenoxy) is 1. The maximum Gasteiger partial charge on any atom is 0.485 e. The fraction of sp³-hybridized carbons (Fsp3) is 1.00. The van der Waals surface area contributed by atoms with Crippen molar-refractivity contribution >= 4 is 10.1 Å². The molecule has 0 saturated carbocycles. The van der Waals surface area contributed by atoms with Crippen molar-refractivity contribution in [3.63, 3.8) is 0 Å². The van der Waals surface area contributed by atoms with Crippen LogP contribution < -0.4 is 0 Å². The van der Waals surface area contributed by atoms with Crippen LogP contribution in [0, 0.1) is 0 Å². The zero-order chi connectivity index (χ0) is 15.2. The molecule has 0 heterocycles. The maximum atomic E-state index is 10.7. The van der Waals surface area contributed by atoms with Crippen molar-refractivity contribution in [2.75, 3.05) is 27.2 Å². The molecular weight excluding hydrogens is 275 g/mol. The van der Waals surface area contributed by atoms with Crippen molar-refractivity contribution in [2.45, 2.75) is 32.5 Å². The summed E-state index contributed by atoms with van der Waals surface area (Å²) in [5.41, 5.74) is -5.65. The zero-order valence-corrected chi connectivity index (χ0v) is 11.9. The molecule has 0 fully saturated rings. The summed E-state index contributed by atoms with van der Waals surface area (Å²) < 4.78 is 65.2. The third-order valence-corrected chi connectivity index (χ3v) is 3.51. The van der Waals surface area contributed by atoms with Crippen LogP contribution in [-0.4, -0.2) is 56.4 Å². The zero-order valence-electron chi connectivity index (χ0n) is 11.1. The Balaban J connectivity index is 0. The molecule has 0 bridgehead atoms. The number of nitrogens with zero attached hydrogens (tertiary/aromatic N) is 1. The highest BCUT2D eigenvalue weighted by Crippen LogP contribution is 2.20. The van der Waals surface area contributed by atoms with Gasteiger partial charge in [0.25, 0.3) is 0 Å². The predicted octanol–water partition coefficient (Wildman–Crippen LogP) is 1.52. The topological polar surface area (TPSA) is 66.4 Å². The quantitative estimate of drug-likeness (QED) is 0.341. The first-order chi connectivity index (χ1) is 7.85. The van der Waals surface area contributed by atoms with E-state index in [4.69, 9.17) is 17.7 Å². The number of quaternary nitrogens is 1. The van der Waals surface area contributed by atoms with E-state index < -0.39 is 15.6 Å². The molecule has 0 aromatic carbocycles. The fourth-order valence-electron chi connectivity index (χ4n) is 0.992. The molecule has 0 rings (SSSR count). The van der Waals surface area contributed by atoms with Crippen molar-refractivity contribution in [1.29, 1.82) is 0 Å². The van der Waals surface area contributed by atoms with Gasteiger partial charge in [-0.3, -0.25) is 0 Å². The minimum atomic E-state index is -6.09. The molecule has 0 spiro atoms. The van der Waals surface area contributed by atoms with E-state index in [1.165, 1.54) is 0 Å². The second kappa shape index (κ2) is 7.27. The van der Waals surface area contributed by atoms with Crippen molar-refractivity contribution in [3.8, 4) is 0 Å². The SMILES string of the molecule is CC[N+](C)(CC)C(C)OC.O=S(=O)([O-])C(F)(F)F. The molecule has 0 saturated heterocycles. The van der Waals surface area contributed by atoms with Gasteiger partial charge in [0.05, 0.1) is 20.1 Å². The van der Waals surface area contributed by atoms with Crippen LogP contribution in [0.3, 0.4) is 0 Å². The van der Waals surface area contributed by atoms with Crippen LogP contribution in [0.1, 0.15) is 20.8 Å². The normalized spacial score (nSPS) is 14.7. The van der Waals surface area contributed by atoms with Gasteiger partial charge < -0.3 is 13.8 Å². The van der Waals surface area contributed by atoms with E-state index in [9.17, 15) is 13.2 Å². The summed E-state index contributed by atoms with van der Waals surface area (Å²) >= 11 is 0. The third-order valence-electron chi connectivity index (χ3n) is 2.95. The molecule has 1 atom stereocenters. The van der Waals surface area contributed by atoms with E-state index in [1.54, 1.807) is 7.11 Å². The Kier molecular flexibility index (Phi) is 8.06. The number of hydrogen-bond acceptors (Lipinski definition) is 4. The van der Waals surface area contributed by atoms with Gasteiger partial charge in [0.1, 0.15) is 0 Å². The molecule has 0 amide bonds. The molecule has 18 heavy (non-hydrogen) atoms. The van der Waals surface area contributed by atoms with Crippen LogP contribution >= 0.6 is 0 Å². The molecule has 0 aliphatic rings. The van der Waals surface area contributed by atoms with Gasteiger partial charge >= 0.3 is 5.51 Å². The first-order valence-corrected chi connectivity index (χ1v) is 6.65. The molecule has 5 nitrogen and oxygen atoms in total. The van der Waals surface area contributed by atoms with E-state index in [0.29, 0.717) is 6.23 Å². The number of methoxy groups -OCH3 is 1. The molecular formula is C9H20F3NO4S. The molecule has 0 aromatic heterocycles. The van der Waals surface area contributed by atoms with Crippen LogP contribution in [-0.2, 0) is 14.9 Å². The molecule has 0 aliphatic carbocycles. The first kappa shape index (κ1) is 19.9. The van der Waals surface area contributed by atoms with E-state index in [-0.39, 0.29) is 0 Å². The van der Waals surface area contributed by atoms with Gasteiger partial charge in [-0.1, -0.05) is 0 Å². The number of alkyl halides is 3. The minimum absolute atomic E-state index is 0.315. The Morgan fingerprint density at radius 2 is 1.56 bits per heavy atom. The Hall–Kier alpha value is -0.380. The average Bonchev–Trinajstić information content (AvgIpc) is 2.25. The number of halogens is 3. The van der Waals surface area contributed by atoms with Gasteiger partial charge in [-0.2, -0.15) is 13.2 Å². The van der Waals surface area contributed by atoms with E-state index in [0.717, 1.165) is 17.6 Å². The number of rotatable bonds is 4. The Morgan fingerprint density at radius 1 is 1.28 bits per heavy atom. The average molecular weight is 295 g/mol. The summed E-state index contributed by atoms with van der Waals surface area (Å²) in [6.07, 6.45) is 0.315. The summed E-state index contributed by atoms with van der Waals surface area (Å²) in [5.74, 6) is 0. The van der Waals surface area contributed by atoms with Gasteiger partial charge in [-0.05, 0) is 13.8 Å². The van der Waals surface area contributed by atoms with Gasteiger partial charge in [-0.25, -0.2) is 8.42 Å². The summed E-state index contributed by atoms with van der Waals surface area (Å²) in [6, 6.07) is 0. The Morgan fingerprint density at radius 3 is 1.61 bits per heavy atom. The summed E-state index contributed by atoms with van der Waals surface area (Å²) in [7, 11) is -2.10. The molecule has 112 valence electrons. The van der Waals surface area contributed by atoms with Crippen LogP contribution in [0.4, 0.5) is 13.2 Å². The molecule has 0 N–H and O–H groups in total. The predicted molar refractivity (Wildman–Crippen MR) is 59.5 cm³/mol. The van der Waals surface area contributed by atoms with Crippen molar-refractivity contribution in [2.24, 2.45) is 0 Å². The summed E-state index contributed by atoms with van der Waals surface area (Å²) in [5, 5.41) is 0. The monoisotopic (exact) mass is 295 g/mol. The molecule has 1 unspecified atom stereocenters. The standard InChI is InChI=1S/C8H20NO.CHF3O3S/c1-6-9(4,7-2)8(3)10-5;2-1(3,4)8(5,6)7/h8H,6-7H2,1-5H3;(H,5,6,7)/q+1;/p-1. The van der Waals surface area contributed by atoms with Gasteiger partial charge in [-0.15, -0.1) is 0 Å². The summed E-state index contributed by atoms with van der Waals surface area (Å²) in [6.45, 7) is 8.77. The molecule has 0 aromatic rings. The highest BCUT2D eigenvalue weighted by Gasteiger charge is 2.36. The lowest BCUT2D eigenvalue weighted by atomic mass is 10.4. The molecule has 9 heteroatoms. The van der Waals surface area contributed by atoms with Crippen LogP contribution in [0.5, 0.6) is 0 Å². The highest BCUT2D eigenvalue weighted by atomic mass is 32.2. The van der Waals surface area contributed by atoms with Gasteiger partial charge in [0.15, 0.2) is 16.3 Å². The second-order valence-corrected chi connectivity index (χ2v) is 5.22.